The van der Waals surface area contributed by atoms with Gasteiger partial charge in [0.05, 0.1) is 13.2 Å². The first-order chi connectivity index (χ1) is 35.8. The fourth-order valence-electron chi connectivity index (χ4n) is 7.30. The summed E-state index contributed by atoms with van der Waals surface area (Å²) < 4.78 is 32.9. The standard InChI is InChI=1S/C63H104NO8P/c1-3-5-7-9-11-13-15-17-18-19-20-21-22-23-24-25-26-27-28-29-30-31-32-33-34-35-36-37-38-39-40-41-42-44-46-48-50-52-54-56-63(66)72-61(60-71-73(67,68)70-58-57-64)59-69-62(65)55-53-51-49-47-45-43-16-14-12-10-8-6-4-2/h5,7,11,13-14,16-18,20-21,23-24,26-27,29-30,32-33,35-36,38-39,61H,3-4,6,8-10,12,15,19,22,25,28,31,34,37,40-60,64H2,1-2H3,(H,67,68)/b7-5-,13-11-,16-14-,18-17-,21-20-,24-23-,27-26-,30-29-,33-32-,36-35-,39-38-. The molecular formula is C63H104NO8P. The van der Waals surface area contributed by atoms with Gasteiger partial charge >= 0.3 is 19.8 Å². The van der Waals surface area contributed by atoms with Gasteiger partial charge in [-0.1, -0.05) is 225 Å². The Morgan fingerprint density at radius 3 is 1.14 bits per heavy atom. The minimum Gasteiger partial charge on any atom is -0.462 e. The van der Waals surface area contributed by atoms with Crippen molar-refractivity contribution in [2.24, 2.45) is 5.73 Å². The molecule has 9 nitrogen and oxygen atoms in total. The molecule has 0 aromatic heterocycles. The summed E-state index contributed by atoms with van der Waals surface area (Å²) in [5.41, 5.74) is 5.37. The molecule has 414 valence electrons. The zero-order chi connectivity index (χ0) is 53.1. The van der Waals surface area contributed by atoms with Gasteiger partial charge in [0.1, 0.15) is 6.61 Å². The van der Waals surface area contributed by atoms with Crippen molar-refractivity contribution >= 4 is 19.8 Å². The number of allylic oxidation sites excluding steroid dienone is 22. The van der Waals surface area contributed by atoms with Crippen LogP contribution in [0, 0.1) is 0 Å². The minimum absolute atomic E-state index is 0.0448. The highest BCUT2D eigenvalue weighted by molar-refractivity contribution is 7.47. The van der Waals surface area contributed by atoms with Crippen molar-refractivity contribution in [3.63, 3.8) is 0 Å². The molecule has 0 radical (unpaired) electrons. The molecule has 0 rings (SSSR count). The first-order valence-electron chi connectivity index (χ1n) is 28.7. The van der Waals surface area contributed by atoms with E-state index < -0.39 is 32.5 Å². The Morgan fingerprint density at radius 1 is 0.425 bits per heavy atom. The van der Waals surface area contributed by atoms with Gasteiger partial charge in [-0.3, -0.25) is 18.6 Å². The Kier molecular flexibility index (Phi) is 54.4. The van der Waals surface area contributed by atoms with E-state index in [1.54, 1.807) is 0 Å². The van der Waals surface area contributed by atoms with E-state index in [1.165, 1.54) is 57.8 Å². The monoisotopic (exact) mass is 1030 g/mol. The average Bonchev–Trinajstić information content (AvgIpc) is 3.38. The lowest BCUT2D eigenvalue weighted by atomic mass is 10.1. The van der Waals surface area contributed by atoms with Crippen LogP contribution >= 0.6 is 7.82 Å². The number of esters is 2. The highest BCUT2D eigenvalue weighted by Crippen LogP contribution is 2.43. The van der Waals surface area contributed by atoms with E-state index in [2.05, 4.69) is 148 Å². The van der Waals surface area contributed by atoms with Crippen LogP contribution in [0.3, 0.4) is 0 Å². The summed E-state index contributed by atoms with van der Waals surface area (Å²) in [4.78, 5) is 35.0. The summed E-state index contributed by atoms with van der Waals surface area (Å²) in [6.45, 7) is 3.57. The fourth-order valence-corrected chi connectivity index (χ4v) is 8.07. The van der Waals surface area contributed by atoms with Crippen LogP contribution in [-0.2, 0) is 32.7 Å². The summed E-state index contributed by atoms with van der Waals surface area (Å²) in [6, 6.07) is 0. The lowest BCUT2D eigenvalue weighted by molar-refractivity contribution is -0.161. The molecule has 2 unspecified atom stereocenters. The molecule has 0 fully saturated rings. The van der Waals surface area contributed by atoms with Crippen LogP contribution in [0.5, 0.6) is 0 Å². The topological polar surface area (TPSA) is 134 Å². The molecule has 2 atom stereocenters. The second kappa shape index (κ2) is 57.4. The molecular weight excluding hydrogens is 930 g/mol. The number of phosphoric ester groups is 1. The average molecular weight is 1030 g/mol. The SMILES string of the molecule is CC/C=C\C/C=C\C/C=C\C/C=C\C/C=C\C/C=C\C/C=C\C/C=C\C/C=C\C/C=C\CCCCCCCCCCC(=O)OC(COC(=O)CCCCCCC/C=C\CCCCCC)COP(=O)(O)OCCN. The number of unbranched alkanes of at least 4 members (excludes halogenated alkanes) is 17. The third-order valence-electron chi connectivity index (χ3n) is 11.5. The van der Waals surface area contributed by atoms with Crippen LogP contribution in [0.15, 0.2) is 134 Å². The lowest BCUT2D eigenvalue weighted by Gasteiger charge is -2.19. The predicted octanol–water partition coefficient (Wildman–Crippen LogP) is 18.2. The number of ether oxygens (including phenoxy) is 2. The van der Waals surface area contributed by atoms with Gasteiger partial charge in [-0.05, 0) is 116 Å². The van der Waals surface area contributed by atoms with E-state index in [4.69, 9.17) is 24.3 Å². The Balaban J connectivity index is 3.99. The molecule has 73 heavy (non-hydrogen) atoms. The maximum atomic E-state index is 12.7. The van der Waals surface area contributed by atoms with Gasteiger partial charge in [-0.2, -0.15) is 0 Å². The quantitative estimate of drug-likeness (QED) is 0.0264. The molecule has 0 heterocycles. The van der Waals surface area contributed by atoms with Gasteiger partial charge in [-0.25, -0.2) is 4.57 Å². The summed E-state index contributed by atoms with van der Waals surface area (Å²) in [5.74, 6) is -0.856. The number of phosphoric acid groups is 1. The van der Waals surface area contributed by atoms with Crippen molar-refractivity contribution in [1.29, 1.82) is 0 Å². The maximum Gasteiger partial charge on any atom is 0.472 e. The highest BCUT2D eigenvalue weighted by Gasteiger charge is 2.26. The van der Waals surface area contributed by atoms with Crippen molar-refractivity contribution in [2.75, 3.05) is 26.4 Å². The largest absolute Gasteiger partial charge is 0.472 e. The molecule has 0 saturated heterocycles. The molecule has 3 N–H and O–H groups in total. The van der Waals surface area contributed by atoms with E-state index >= 15 is 0 Å². The fraction of sp³-hybridized carbons (Fsp3) is 0.619. The molecule has 0 saturated carbocycles. The Hall–Kier alpha value is -3.85. The van der Waals surface area contributed by atoms with Gasteiger partial charge in [-0.15, -0.1) is 0 Å². The summed E-state index contributed by atoms with van der Waals surface area (Å²) >= 11 is 0. The molecule has 10 heteroatoms. The van der Waals surface area contributed by atoms with Gasteiger partial charge in [0.15, 0.2) is 6.10 Å². The Labute approximate surface area is 446 Å². The highest BCUT2D eigenvalue weighted by atomic mass is 31.2. The van der Waals surface area contributed by atoms with Crippen LogP contribution in [0.1, 0.15) is 219 Å². The van der Waals surface area contributed by atoms with Crippen LogP contribution < -0.4 is 5.73 Å². The number of carbonyl (C=O) groups is 2. The number of rotatable bonds is 52. The van der Waals surface area contributed by atoms with Crippen LogP contribution in [-0.4, -0.2) is 49.3 Å². The third kappa shape index (κ3) is 57.3. The van der Waals surface area contributed by atoms with Crippen molar-refractivity contribution in [2.45, 2.75) is 225 Å². The van der Waals surface area contributed by atoms with Crippen LogP contribution in [0.25, 0.3) is 0 Å². The number of hydrogen-bond donors (Lipinski definition) is 2. The molecule has 0 aromatic carbocycles. The second-order valence-electron chi connectivity index (χ2n) is 18.4. The zero-order valence-electron chi connectivity index (χ0n) is 46.1. The van der Waals surface area contributed by atoms with E-state index in [0.29, 0.717) is 12.8 Å². The van der Waals surface area contributed by atoms with Crippen LogP contribution in [0.4, 0.5) is 0 Å². The molecule has 0 aliphatic heterocycles. The molecule has 0 aliphatic carbocycles. The van der Waals surface area contributed by atoms with Gasteiger partial charge in [0.25, 0.3) is 0 Å². The molecule has 0 aromatic rings. The summed E-state index contributed by atoms with van der Waals surface area (Å²) in [7, 11) is -4.40. The van der Waals surface area contributed by atoms with E-state index in [1.807, 2.05) is 0 Å². The van der Waals surface area contributed by atoms with Gasteiger partial charge < -0.3 is 20.1 Å². The lowest BCUT2D eigenvalue weighted by Crippen LogP contribution is -2.29. The van der Waals surface area contributed by atoms with Crippen molar-refractivity contribution in [3.8, 4) is 0 Å². The van der Waals surface area contributed by atoms with E-state index in [0.717, 1.165) is 122 Å². The second-order valence-corrected chi connectivity index (χ2v) is 19.9. The van der Waals surface area contributed by atoms with Crippen molar-refractivity contribution in [3.05, 3.63) is 134 Å². The molecule has 0 aliphatic rings. The van der Waals surface area contributed by atoms with Crippen molar-refractivity contribution < 1.29 is 37.6 Å². The van der Waals surface area contributed by atoms with Gasteiger partial charge in [0.2, 0.25) is 0 Å². The number of nitrogens with two attached hydrogens (primary N) is 1. The minimum atomic E-state index is -4.40. The molecule has 0 bridgehead atoms. The first kappa shape index (κ1) is 69.2. The molecule has 0 spiro atoms. The first-order valence-corrected chi connectivity index (χ1v) is 30.2. The van der Waals surface area contributed by atoms with E-state index in [9.17, 15) is 19.0 Å². The van der Waals surface area contributed by atoms with Gasteiger partial charge in [0, 0.05) is 19.4 Å². The molecule has 0 amide bonds. The summed E-state index contributed by atoms with van der Waals surface area (Å²) in [6.07, 6.45) is 80.8. The summed E-state index contributed by atoms with van der Waals surface area (Å²) in [5, 5.41) is 0. The normalized spacial score (nSPS) is 14.1. The van der Waals surface area contributed by atoms with Crippen LogP contribution in [0.2, 0.25) is 0 Å². The predicted molar refractivity (Wildman–Crippen MR) is 311 cm³/mol. The van der Waals surface area contributed by atoms with Crippen molar-refractivity contribution in [1.82, 2.24) is 0 Å². The van der Waals surface area contributed by atoms with E-state index in [-0.39, 0.29) is 32.6 Å². The Morgan fingerprint density at radius 2 is 0.753 bits per heavy atom. The third-order valence-corrected chi connectivity index (χ3v) is 12.5. The maximum absolute atomic E-state index is 12.7. The number of hydrogen-bond acceptors (Lipinski definition) is 8. The zero-order valence-corrected chi connectivity index (χ0v) is 47.0. The number of carbonyl (C=O) groups excluding carboxylic acids is 2. The smallest absolute Gasteiger partial charge is 0.462 e. The Bertz CT molecular complexity index is 1650.